The van der Waals surface area contributed by atoms with Crippen LogP contribution in [0.3, 0.4) is 0 Å². The topological polar surface area (TPSA) is 20.2 Å². The largest absolute Gasteiger partial charge is 0.392 e. The van der Waals surface area contributed by atoms with E-state index in [2.05, 4.69) is 11.8 Å². The Morgan fingerprint density at radius 3 is 2.64 bits per heavy atom. The summed E-state index contributed by atoms with van der Waals surface area (Å²) in [7, 11) is 0. The molecule has 1 N–H and O–H groups in total. The number of hydrogen-bond donors (Lipinski definition) is 1. The average molecular weight is 152 g/mol. The van der Waals surface area contributed by atoms with E-state index in [0.29, 0.717) is 12.3 Å². The van der Waals surface area contributed by atoms with E-state index in [-0.39, 0.29) is 6.10 Å². The summed E-state index contributed by atoms with van der Waals surface area (Å²) in [6.07, 6.45) is 5.49. The second kappa shape index (κ2) is 4.41. The van der Waals surface area contributed by atoms with E-state index in [1.165, 1.54) is 25.7 Å². The molecule has 1 saturated carbocycles. The van der Waals surface area contributed by atoms with Gasteiger partial charge in [0.25, 0.3) is 0 Å². The highest BCUT2D eigenvalue weighted by Gasteiger charge is 2.21. The number of rotatable bonds is 2. The summed E-state index contributed by atoms with van der Waals surface area (Å²) in [6.45, 7) is 1.82. The molecule has 0 amide bonds. The molecule has 0 aliphatic heterocycles. The highest BCUT2D eigenvalue weighted by Crippen LogP contribution is 2.28. The zero-order valence-electron chi connectivity index (χ0n) is 7.14. The van der Waals surface area contributed by atoms with Crippen molar-refractivity contribution in [3.63, 3.8) is 0 Å². The van der Waals surface area contributed by atoms with Gasteiger partial charge >= 0.3 is 0 Å². The monoisotopic (exact) mass is 152 g/mol. The minimum atomic E-state index is -0.162. The molecule has 1 heteroatoms. The fourth-order valence-corrected chi connectivity index (χ4v) is 1.72. The van der Waals surface area contributed by atoms with Gasteiger partial charge in [0.05, 0.1) is 6.10 Å². The Morgan fingerprint density at radius 2 is 2.09 bits per heavy atom. The molecule has 1 fully saturated rings. The predicted octanol–water partition coefficient (Wildman–Crippen LogP) is 1.95. The highest BCUT2D eigenvalue weighted by atomic mass is 16.3. The average Bonchev–Trinajstić information content (AvgIpc) is 2.52. The Hall–Kier alpha value is -0.480. The molecule has 0 bridgehead atoms. The molecule has 0 radical (unpaired) electrons. The maximum absolute atomic E-state index is 9.58. The standard InChI is InChI=1S/C10H16O/c1-2-3-8-10(11)9-6-4-5-7-9/h9-11H,4-8H2,1H3. The van der Waals surface area contributed by atoms with Gasteiger partial charge in [-0.05, 0) is 25.7 Å². The molecule has 1 rings (SSSR count). The van der Waals surface area contributed by atoms with Gasteiger partial charge < -0.3 is 5.11 Å². The third-order valence-electron chi connectivity index (χ3n) is 2.43. The lowest BCUT2D eigenvalue weighted by molar-refractivity contribution is 0.115. The van der Waals surface area contributed by atoms with E-state index < -0.39 is 0 Å². The molecule has 1 aliphatic rings. The lowest BCUT2D eigenvalue weighted by Crippen LogP contribution is -2.16. The molecule has 0 aromatic heterocycles. The van der Waals surface area contributed by atoms with Gasteiger partial charge in [-0.15, -0.1) is 11.8 Å². The number of hydrogen-bond acceptors (Lipinski definition) is 1. The van der Waals surface area contributed by atoms with Crippen LogP contribution in [0.2, 0.25) is 0 Å². The molecule has 1 nitrogen and oxygen atoms in total. The van der Waals surface area contributed by atoms with Gasteiger partial charge in [-0.2, -0.15) is 0 Å². The zero-order valence-corrected chi connectivity index (χ0v) is 7.14. The van der Waals surface area contributed by atoms with Gasteiger partial charge in [0.2, 0.25) is 0 Å². The van der Waals surface area contributed by atoms with E-state index in [0.717, 1.165) is 0 Å². The Bertz CT molecular complexity index is 157. The van der Waals surface area contributed by atoms with Crippen LogP contribution < -0.4 is 0 Å². The third kappa shape index (κ3) is 2.55. The Morgan fingerprint density at radius 1 is 1.45 bits per heavy atom. The predicted molar refractivity (Wildman–Crippen MR) is 46.0 cm³/mol. The van der Waals surface area contributed by atoms with Crippen molar-refractivity contribution in [2.24, 2.45) is 5.92 Å². The fourth-order valence-electron chi connectivity index (χ4n) is 1.72. The van der Waals surface area contributed by atoms with Crippen molar-refractivity contribution in [3.05, 3.63) is 0 Å². The first-order valence-corrected chi connectivity index (χ1v) is 4.42. The van der Waals surface area contributed by atoms with Crippen LogP contribution in [0.4, 0.5) is 0 Å². The first-order valence-electron chi connectivity index (χ1n) is 4.42. The minimum absolute atomic E-state index is 0.162. The van der Waals surface area contributed by atoms with Crippen LogP contribution in [-0.4, -0.2) is 11.2 Å². The Labute approximate surface area is 68.8 Å². The molecule has 1 unspecified atom stereocenters. The Kier molecular flexibility index (Phi) is 3.45. The maximum atomic E-state index is 9.58. The molecule has 0 aromatic rings. The number of aliphatic hydroxyl groups is 1. The van der Waals surface area contributed by atoms with E-state index in [9.17, 15) is 5.11 Å². The molecule has 0 spiro atoms. The minimum Gasteiger partial charge on any atom is -0.392 e. The second-order valence-corrected chi connectivity index (χ2v) is 3.24. The van der Waals surface area contributed by atoms with Crippen molar-refractivity contribution >= 4 is 0 Å². The van der Waals surface area contributed by atoms with Crippen LogP contribution in [0.1, 0.15) is 39.0 Å². The highest BCUT2D eigenvalue weighted by molar-refractivity contribution is 4.97. The first-order chi connectivity index (χ1) is 5.34. The summed E-state index contributed by atoms with van der Waals surface area (Å²) in [4.78, 5) is 0. The smallest absolute Gasteiger partial charge is 0.0677 e. The maximum Gasteiger partial charge on any atom is 0.0677 e. The third-order valence-corrected chi connectivity index (χ3v) is 2.43. The van der Waals surface area contributed by atoms with Crippen LogP contribution in [0.25, 0.3) is 0 Å². The second-order valence-electron chi connectivity index (χ2n) is 3.24. The molecule has 1 aliphatic carbocycles. The summed E-state index contributed by atoms with van der Waals surface area (Å²) in [6, 6.07) is 0. The van der Waals surface area contributed by atoms with Crippen molar-refractivity contribution in [1.82, 2.24) is 0 Å². The SMILES string of the molecule is CC#CCC(O)C1CCCC1. The molecule has 0 heterocycles. The summed E-state index contributed by atoms with van der Waals surface area (Å²) >= 11 is 0. The van der Waals surface area contributed by atoms with E-state index in [1.807, 2.05) is 6.92 Å². The molecule has 1 atom stereocenters. The van der Waals surface area contributed by atoms with Gasteiger partial charge in [0, 0.05) is 6.42 Å². The normalized spacial score (nSPS) is 20.9. The van der Waals surface area contributed by atoms with Crippen LogP contribution in [-0.2, 0) is 0 Å². The summed E-state index contributed by atoms with van der Waals surface area (Å²) in [5, 5.41) is 9.58. The van der Waals surface area contributed by atoms with Gasteiger partial charge in [-0.25, -0.2) is 0 Å². The van der Waals surface area contributed by atoms with Crippen LogP contribution >= 0.6 is 0 Å². The molecular weight excluding hydrogens is 136 g/mol. The van der Waals surface area contributed by atoms with Crippen molar-refractivity contribution < 1.29 is 5.11 Å². The lowest BCUT2D eigenvalue weighted by atomic mass is 9.99. The summed E-state index contributed by atoms with van der Waals surface area (Å²) in [5.74, 6) is 6.27. The quantitative estimate of drug-likeness (QED) is 0.600. The van der Waals surface area contributed by atoms with Crippen molar-refractivity contribution in [2.75, 3.05) is 0 Å². The van der Waals surface area contributed by atoms with Gasteiger partial charge in [-0.3, -0.25) is 0 Å². The molecule has 62 valence electrons. The van der Waals surface area contributed by atoms with Crippen molar-refractivity contribution in [2.45, 2.75) is 45.1 Å². The molecule has 11 heavy (non-hydrogen) atoms. The van der Waals surface area contributed by atoms with E-state index >= 15 is 0 Å². The summed E-state index contributed by atoms with van der Waals surface area (Å²) in [5.41, 5.74) is 0. The van der Waals surface area contributed by atoms with E-state index in [4.69, 9.17) is 0 Å². The van der Waals surface area contributed by atoms with Crippen LogP contribution in [0, 0.1) is 17.8 Å². The van der Waals surface area contributed by atoms with Crippen molar-refractivity contribution in [3.8, 4) is 11.8 Å². The van der Waals surface area contributed by atoms with Gasteiger partial charge in [-0.1, -0.05) is 12.8 Å². The molecule has 0 saturated heterocycles. The van der Waals surface area contributed by atoms with E-state index in [1.54, 1.807) is 0 Å². The summed E-state index contributed by atoms with van der Waals surface area (Å²) < 4.78 is 0. The lowest BCUT2D eigenvalue weighted by Gasteiger charge is -2.13. The van der Waals surface area contributed by atoms with Crippen LogP contribution in [0.15, 0.2) is 0 Å². The van der Waals surface area contributed by atoms with Gasteiger partial charge in [0.1, 0.15) is 0 Å². The fraction of sp³-hybridized carbons (Fsp3) is 0.800. The molecule has 0 aromatic carbocycles. The zero-order chi connectivity index (χ0) is 8.10. The molecular formula is C10H16O. The number of aliphatic hydroxyl groups excluding tert-OH is 1. The first kappa shape index (κ1) is 8.62. The van der Waals surface area contributed by atoms with Gasteiger partial charge in [0.15, 0.2) is 0 Å². The van der Waals surface area contributed by atoms with Crippen LogP contribution in [0.5, 0.6) is 0 Å². The Balaban J connectivity index is 2.26. The van der Waals surface area contributed by atoms with Crippen molar-refractivity contribution in [1.29, 1.82) is 0 Å².